The van der Waals surface area contributed by atoms with E-state index in [-0.39, 0.29) is 35.1 Å². The van der Waals surface area contributed by atoms with Crippen molar-refractivity contribution in [1.29, 1.82) is 0 Å². The third-order valence-corrected chi connectivity index (χ3v) is 8.31. The first-order valence-electron chi connectivity index (χ1n) is 9.24. The molecule has 0 aliphatic carbocycles. The molecule has 5 nitrogen and oxygen atoms in total. The van der Waals surface area contributed by atoms with Crippen LogP contribution in [0.25, 0.3) is 0 Å². The Morgan fingerprint density at radius 1 is 1.07 bits per heavy atom. The van der Waals surface area contributed by atoms with Crippen molar-refractivity contribution in [2.75, 3.05) is 11.5 Å². The highest BCUT2D eigenvalue weighted by Crippen LogP contribution is 2.39. The second-order valence-electron chi connectivity index (χ2n) is 7.36. The van der Waals surface area contributed by atoms with Gasteiger partial charge in [-0.15, -0.1) is 0 Å². The van der Waals surface area contributed by atoms with Crippen molar-refractivity contribution in [3.05, 3.63) is 71.3 Å². The van der Waals surface area contributed by atoms with Crippen LogP contribution in [0.2, 0.25) is 0 Å². The summed E-state index contributed by atoms with van der Waals surface area (Å²) in [5.74, 6) is 0.0776. The lowest BCUT2D eigenvalue weighted by atomic mass is 10.1. The normalized spacial score (nSPS) is 24.5. The highest BCUT2D eigenvalue weighted by atomic mass is 32.2. The van der Waals surface area contributed by atoms with Gasteiger partial charge in [-0.2, -0.15) is 4.99 Å². The molecule has 0 saturated carbocycles. The number of amidine groups is 1. The summed E-state index contributed by atoms with van der Waals surface area (Å²) >= 11 is 1.43. The average molecular weight is 415 g/mol. The molecule has 2 heterocycles. The van der Waals surface area contributed by atoms with Crippen molar-refractivity contribution in [1.82, 2.24) is 4.90 Å². The predicted molar refractivity (Wildman–Crippen MR) is 113 cm³/mol. The fourth-order valence-corrected chi connectivity index (χ4v) is 7.60. The number of carbonyl (C=O) groups is 1. The molecule has 0 spiro atoms. The van der Waals surface area contributed by atoms with Crippen LogP contribution in [0.15, 0.2) is 59.6 Å². The molecule has 4 rings (SSSR count). The minimum absolute atomic E-state index is 0.0559. The number of nitrogens with zero attached hydrogens (tertiary/aromatic N) is 2. The minimum Gasteiger partial charge on any atom is -0.342 e. The van der Waals surface area contributed by atoms with E-state index in [0.717, 1.165) is 16.7 Å². The fourth-order valence-electron chi connectivity index (χ4n) is 3.63. The van der Waals surface area contributed by atoms with Crippen molar-refractivity contribution in [2.45, 2.75) is 31.2 Å². The summed E-state index contributed by atoms with van der Waals surface area (Å²) in [4.78, 5) is 18.9. The fraction of sp³-hybridized carbons (Fsp3) is 0.333. The minimum atomic E-state index is -3.04. The van der Waals surface area contributed by atoms with Crippen LogP contribution >= 0.6 is 11.8 Å². The van der Waals surface area contributed by atoms with Crippen LogP contribution in [0.1, 0.15) is 16.7 Å². The number of fused-ring (bicyclic) bond motifs is 1. The van der Waals surface area contributed by atoms with Crippen molar-refractivity contribution in [3.63, 3.8) is 0 Å². The zero-order valence-corrected chi connectivity index (χ0v) is 17.2. The van der Waals surface area contributed by atoms with Gasteiger partial charge in [-0.05, 0) is 18.1 Å². The standard InChI is InChI=1S/C21H22N2O3S2/c1-15-7-9-16(10-8-15)11-20(24)22-21-23(12-17-5-3-2-4-6-17)18-13-28(25,26)14-19(18)27-21/h2-10,18-19H,11-14H2,1H3/t18-,19-/m0/s1. The van der Waals surface area contributed by atoms with E-state index in [0.29, 0.717) is 11.7 Å². The van der Waals surface area contributed by atoms with Crippen LogP contribution < -0.4 is 0 Å². The summed E-state index contributed by atoms with van der Waals surface area (Å²) in [5.41, 5.74) is 3.16. The van der Waals surface area contributed by atoms with E-state index in [1.165, 1.54) is 11.8 Å². The van der Waals surface area contributed by atoms with Crippen LogP contribution in [0.3, 0.4) is 0 Å². The Hall–Kier alpha value is -2.12. The van der Waals surface area contributed by atoms with Gasteiger partial charge in [0.05, 0.1) is 24.0 Å². The molecule has 146 valence electrons. The number of sulfone groups is 1. The summed E-state index contributed by atoms with van der Waals surface area (Å²) in [6.07, 6.45) is 0.247. The Kier molecular flexibility index (Phi) is 5.29. The summed E-state index contributed by atoms with van der Waals surface area (Å²) in [7, 11) is -3.04. The molecule has 2 aromatic rings. The van der Waals surface area contributed by atoms with Gasteiger partial charge >= 0.3 is 0 Å². The molecule has 7 heteroatoms. The van der Waals surface area contributed by atoms with E-state index in [1.54, 1.807) is 0 Å². The molecule has 2 aliphatic heterocycles. The molecule has 28 heavy (non-hydrogen) atoms. The lowest BCUT2D eigenvalue weighted by molar-refractivity contribution is -0.117. The average Bonchev–Trinajstić information content (AvgIpc) is 3.10. The quantitative estimate of drug-likeness (QED) is 0.770. The van der Waals surface area contributed by atoms with Crippen LogP contribution in [-0.2, 0) is 27.6 Å². The Morgan fingerprint density at radius 2 is 1.79 bits per heavy atom. The van der Waals surface area contributed by atoms with Crippen molar-refractivity contribution >= 4 is 32.7 Å². The van der Waals surface area contributed by atoms with Gasteiger partial charge in [-0.1, -0.05) is 71.9 Å². The maximum Gasteiger partial charge on any atom is 0.252 e. The molecular weight excluding hydrogens is 392 g/mol. The van der Waals surface area contributed by atoms with Crippen molar-refractivity contribution in [3.8, 4) is 0 Å². The van der Waals surface area contributed by atoms with Crippen molar-refractivity contribution < 1.29 is 13.2 Å². The molecule has 1 amide bonds. The second-order valence-corrected chi connectivity index (χ2v) is 10.7. The third-order valence-electron chi connectivity index (χ3n) is 5.07. The first kappa shape index (κ1) is 19.2. The SMILES string of the molecule is Cc1ccc(CC(=O)N=C2S[C@H]3CS(=O)(=O)C[C@@H]3N2Cc2ccccc2)cc1. The van der Waals surface area contributed by atoms with E-state index < -0.39 is 9.84 Å². The largest absolute Gasteiger partial charge is 0.342 e. The third kappa shape index (κ3) is 4.31. The topological polar surface area (TPSA) is 66.8 Å². The number of rotatable bonds is 4. The zero-order chi connectivity index (χ0) is 19.7. The maximum atomic E-state index is 12.6. The van der Waals surface area contributed by atoms with Gasteiger partial charge in [0.25, 0.3) is 5.91 Å². The number of hydrogen-bond donors (Lipinski definition) is 0. The molecule has 2 aromatic carbocycles. The number of benzene rings is 2. The smallest absolute Gasteiger partial charge is 0.252 e. The molecule has 2 saturated heterocycles. The van der Waals surface area contributed by atoms with E-state index >= 15 is 0 Å². The number of aryl methyl sites for hydroxylation is 1. The first-order valence-corrected chi connectivity index (χ1v) is 11.9. The van der Waals surface area contributed by atoms with Gasteiger partial charge in [0, 0.05) is 11.8 Å². The van der Waals surface area contributed by atoms with Gasteiger partial charge in [0.1, 0.15) is 0 Å². The predicted octanol–water partition coefficient (Wildman–Crippen LogP) is 2.83. The van der Waals surface area contributed by atoms with Gasteiger partial charge in [0.15, 0.2) is 15.0 Å². The molecule has 2 atom stereocenters. The van der Waals surface area contributed by atoms with Crippen LogP contribution in [0, 0.1) is 6.92 Å². The number of carbonyl (C=O) groups excluding carboxylic acids is 1. The summed E-state index contributed by atoms with van der Waals surface area (Å²) in [6, 6.07) is 17.6. The Bertz CT molecular complexity index is 1000. The molecule has 0 aromatic heterocycles. The molecule has 2 aliphatic rings. The number of aliphatic imine (C=N–C) groups is 1. The first-order chi connectivity index (χ1) is 13.4. The van der Waals surface area contributed by atoms with Crippen LogP contribution in [0.5, 0.6) is 0 Å². The van der Waals surface area contributed by atoms with Crippen LogP contribution in [0.4, 0.5) is 0 Å². The Labute approximate surface area is 169 Å². The lowest BCUT2D eigenvalue weighted by Gasteiger charge is -2.24. The van der Waals surface area contributed by atoms with Gasteiger partial charge < -0.3 is 4.90 Å². The van der Waals surface area contributed by atoms with Gasteiger partial charge in [0.2, 0.25) is 0 Å². The zero-order valence-electron chi connectivity index (χ0n) is 15.6. The maximum absolute atomic E-state index is 12.6. The highest BCUT2D eigenvalue weighted by molar-refractivity contribution is 8.15. The second kappa shape index (κ2) is 7.72. The monoisotopic (exact) mass is 414 g/mol. The van der Waals surface area contributed by atoms with Gasteiger partial charge in [-0.25, -0.2) is 8.42 Å². The van der Waals surface area contributed by atoms with E-state index in [1.807, 2.05) is 66.4 Å². The molecule has 0 radical (unpaired) electrons. The van der Waals surface area contributed by atoms with Crippen LogP contribution in [-0.4, -0.2) is 47.2 Å². The summed E-state index contributed by atoms with van der Waals surface area (Å²) in [5, 5.41) is 0.588. The number of hydrogen-bond acceptors (Lipinski definition) is 4. The van der Waals surface area contributed by atoms with E-state index in [2.05, 4.69) is 4.99 Å². The Balaban J connectivity index is 1.56. The Morgan fingerprint density at radius 3 is 2.50 bits per heavy atom. The molecule has 2 fully saturated rings. The van der Waals surface area contributed by atoms with E-state index in [4.69, 9.17) is 0 Å². The molecule has 0 N–H and O–H groups in total. The molecule has 0 bridgehead atoms. The van der Waals surface area contributed by atoms with Crippen molar-refractivity contribution in [2.24, 2.45) is 4.99 Å². The van der Waals surface area contributed by atoms with E-state index in [9.17, 15) is 13.2 Å². The summed E-state index contributed by atoms with van der Waals surface area (Å²) in [6.45, 7) is 2.57. The van der Waals surface area contributed by atoms with Gasteiger partial charge in [-0.3, -0.25) is 4.79 Å². The number of amides is 1. The lowest BCUT2D eigenvalue weighted by Crippen LogP contribution is -2.37. The molecule has 0 unspecified atom stereocenters. The highest BCUT2D eigenvalue weighted by Gasteiger charge is 2.48. The molecular formula is C21H22N2O3S2. The summed E-state index contributed by atoms with van der Waals surface area (Å²) < 4.78 is 24.2. The number of thioether (sulfide) groups is 1.